The quantitative estimate of drug-likeness (QED) is 0.680. The van der Waals surface area contributed by atoms with E-state index in [0.717, 1.165) is 10.8 Å². The van der Waals surface area contributed by atoms with Gasteiger partial charge in [-0.25, -0.2) is 4.98 Å². The third-order valence-electron chi connectivity index (χ3n) is 4.20. The Kier molecular flexibility index (Phi) is 6.70. The lowest BCUT2D eigenvalue weighted by molar-refractivity contribution is -0.130. The minimum absolute atomic E-state index is 0.156. The second-order valence-electron chi connectivity index (χ2n) is 7.56. The molecule has 2 amide bonds. The number of imidazole rings is 1. The van der Waals surface area contributed by atoms with Gasteiger partial charge in [-0.1, -0.05) is 31.7 Å². The molecule has 1 aromatic heterocycles. The van der Waals surface area contributed by atoms with E-state index in [9.17, 15) is 9.59 Å². The van der Waals surface area contributed by atoms with Crippen LogP contribution in [0.3, 0.4) is 0 Å². The van der Waals surface area contributed by atoms with E-state index in [2.05, 4.69) is 28.5 Å². The van der Waals surface area contributed by atoms with E-state index in [1.54, 1.807) is 13.1 Å². The first-order valence-corrected chi connectivity index (χ1v) is 9.95. The fraction of sp³-hybridized carbons (Fsp3) is 0.450. The summed E-state index contributed by atoms with van der Waals surface area (Å²) >= 11 is 1.33. The highest BCUT2D eigenvalue weighted by molar-refractivity contribution is 7.99. The number of rotatable bonds is 8. The molecule has 0 aliphatic rings. The Hall–Kier alpha value is -2.28. The molecule has 0 radical (unpaired) electrons. The molecule has 0 aliphatic heterocycles. The van der Waals surface area contributed by atoms with Crippen molar-refractivity contribution in [3.63, 3.8) is 0 Å². The smallest absolute Gasteiger partial charge is 0.242 e. The van der Waals surface area contributed by atoms with Gasteiger partial charge < -0.3 is 11.1 Å². The number of nitrogens with two attached hydrogens (primary N) is 1. The summed E-state index contributed by atoms with van der Waals surface area (Å²) in [4.78, 5) is 28.6. The molecule has 3 N–H and O–H groups in total. The molecule has 1 unspecified atom stereocenters. The molecular formula is C20H28N4O2S. The van der Waals surface area contributed by atoms with Crippen molar-refractivity contribution in [1.82, 2.24) is 14.9 Å². The van der Waals surface area contributed by atoms with Gasteiger partial charge in [-0.05, 0) is 56.4 Å². The highest BCUT2D eigenvalue weighted by atomic mass is 32.2. The number of aryl methyl sites for hydroxylation is 2. The maximum Gasteiger partial charge on any atom is 0.242 e. The Morgan fingerprint density at radius 2 is 1.89 bits per heavy atom. The van der Waals surface area contributed by atoms with Crippen molar-refractivity contribution in [2.75, 3.05) is 5.75 Å². The van der Waals surface area contributed by atoms with E-state index in [0.29, 0.717) is 6.42 Å². The van der Waals surface area contributed by atoms with E-state index >= 15 is 0 Å². The molecule has 146 valence electrons. The van der Waals surface area contributed by atoms with Crippen LogP contribution in [-0.4, -0.2) is 32.7 Å². The van der Waals surface area contributed by atoms with Gasteiger partial charge in [-0.2, -0.15) is 0 Å². The van der Waals surface area contributed by atoms with Gasteiger partial charge in [0.1, 0.15) is 5.54 Å². The van der Waals surface area contributed by atoms with Crippen molar-refractivity contribution in [3.05, 3.63) is 41.7 Å². The molecule has 1 aromatic carbocycles. The predicted octanol–water partition coefficient (Wildman–Crippen LogP) is 2.99. The minimum Gasteiger partial charge on any atom is -0.368 e. The molecule has 2 aromatic rings. The number of nitrogens with zero attached hydrogens (tertiary/aromatic N) is 2. The zero-order valence-corrected chi connectivity index (χ0v) is 17.4. The number of hydrogen-bond acceptors (Lipinski definition) is 4. The first kappa shape index (κ1) is 21.0. The van der Waals surface area contributed by atoms with E-state index in [1.165, 1.54) is 22.9 Å². The Morgan fingerprint density at radius 1 is 1.26 bits per heavy atom. The van der Waals surface area contributed by atoms with Crippen LogP contribution < -0.4 is 11.1 Å². The van der Waals surface area contributed by atoms with Crippen molar-refractivity contribution in [3.8, 4) is 5.69 Å². The van der Waals surface area contributed by atoms with Gasteiger partial charge in [0.15, 0.2) is 5.16 Å². The van der Waals surface area contributed by atoms with Crippen LogP contribution in [0.1, 0.15) is 38.3 Å². The van der Waals surface area contributed by atoms with Crippen LogP contribution in [0.15, 0.2) is 35.7 Å². The molecule has 0 bridgehead atoms. The second kappa shape index (κ2) is 8.61. The van der Waals surface area contributed by atoms with Gasteiger partial charge in [0.05, 0.1) is 5.75 Å². The number of carbonyl (C=O) groups is 2. The van der Waals surface area contributed by atoms with Crippen LogP contribution >= 0.6 is 11.8 Å². The summed E-state index contributed by atoms with van der Waals surface area (Å²) in [6, 6.07) is 6.26. The van der Waals surface area contributed by atoms with Gasteiger partial charge in [-0.3, -0.25) is 14.2 Å². The third kappa shape index (κ3) is 5.60. The summed E-state index contributed by atoms with van der Waals surface area (Å²) in [6.07, 6.45) is 4.08. The highest BCUT2D eigenvalue weighted by Crippen LogP contribution is 2.23. The summed E-state index contributed by atoms with van der Waals surface area (Å²) in [6.45, 7) is 9.75. The summed E-state index contributed by atoms with van der Waals surface area (Å²) in [7, 11) is 0. The molecule has 0 fully saturated rings. The summed E-state index contributed by atoms with van der Waals surface area (Å²) in [5, 5.41) is 3.51. The summed E-state index contributed by atoms with van der Waals surface area (Å²) in [5.74, 6) is -0.370. The fourth-order valence-electron chi connectivity index (χ4n) is 3.19. The molecule has 27 heavy (non-hydrogen) atoms. The van der Waals surface area contributed by atoms with Crippen LogP contribution in [0.25, 0.3) is 5.69 Å². The molecule has 1 atom stereocenters. The third-order valence-corrected chi connectivity index (χ3v) is 5.17. The average molecular weight is 389 g/mol. The van der Waals surface area contributed by atoms with Crippen molar-refractivity contribution >= 4 is 23.6 Å². The van der Waals surface area contributed by atoms with Crippen LogP contribution in [0.4, 0.5) is 0 Å². The predicted molar refractivity (Wildman–Crippen MR) is 109 cm³/mol. The van der Waals surface area contributed by atoms with Crippen molar-refractivity contribution in [2.24, 2.45) is 11.7 Å². The largest absolute Gasteiger partial charge is 0.368 e. The van der Waals surface area contributed by atoms with Crippen molar-refractivity contribution < 1.29 is 9.59 Å². The summed E-state index contributed by atoms with van der Waals surface area (Å²) in [5.41, 5.74) is 7.80. The molecular weight excluding hydrogens is 360 g/mol. The topological polar surface area (TPSA) is 90.0 Å². The summed E-state index contributed by atoms with van der Waals surface area (Å²) < 4.78 is 1.96. The molecule has 6 nitrogen and oxygen atoms in total. The number of nitrogens with one attached hydrogen (secondary N) is 1. The average Bonchev–Trinajstić information content (AvgIpc) is 2.99. The number of amides is 2. The van der Waals surface area contributed by atoms with E-state index in [4.69, 9.17) is 5.73 Å². The van der Waals surface area contributed by atoms with Crippen LogP contribution in [-0.2, 0) is 9.59 Å². The number of thioether (sulfide) groups is 1. The maximum absolute atomic E-state index is 12.4. The Labute approximate surface area is 164 Å². The Morgan fingerprint density at radius 3 is 2.44 bits per heavy atom. The molecule has 0 saturated carbocycles. The zero-order chi connectivity index (χ0) is 20.2. The standard InChI is InChI=1S/C20H28N4O2S/c1-13(2)11-20(5,18(21)26)23-17(25)12-27-19-22-6-7-24(19)16-9-14(3)8-15(4)10-16/h6-10,13H,11-12H2,1-5H3,(H2,21,26)(H,23,25). The SMILES string of the molecule is Cc1cc(C)cc(-n2ccnc2SCC(=O)NC(C)(CC(C)C)C(N)=O)c1. The molecule has 0 spiro atoms. The van der Waals surface area contributed by atoms with Crippen LogP contribution in [0.5, 0.6) is 0 Å². The van der Waals surface area contributed by atoms with Crippen molar-refractivity contribution in [2.45, 2.75) is 51.7 Å². The first-order valence-electron chi connectivity index (χ1n) is 8.96. The van der Waals surface area contributed by atoms with Crippen LogP contribution in [0, 0.1) is 19.8 Å². The number of aromatic nitrogens is 2. The van der Waals surface area contributed by atoms with Crippen LogP contribution in [0.2, 0.25) is 0 Å². The van der Waals surface area contributed by atoms with Crippen molar-refractivity contribution in [1.29, 1.82) is 0 Å². The fourth-order valence-corrected chi connectivity index (χ4v) is 3.96. The van der Waals surface area contributed by atoms with E-state index in [-0.39, 0.29) is 17.6 Å². The van der Waals surface area contributed by atoms with Gasteiger partial charge in [0.2, 0.25) is 11.8 Å². The van der Waals surface area contributed by atoms with Gasteiger partial charge in [-0.15, -0.1) is 0 Å². The number of benzene rings is 1. The normalized spacial score (nSPS) is 13.4. The van der Waals surface area contributed by atoms with Gasteiger partial charge in [0, 0.05) is 18.1 Å². The lowest BCUT2D eigenvalue weighted by atomic mass is 9.90. The highest BCUT2D eigenvalue weighted by Gasteiger charge is 2.33. The molecule has 1 heterocycles. The first-order chi connectivity index (χ1) is 12.6. The monoisotopic (exact) mass is 388 g/mol. The lowest BCUT2D eigenvalue weighted by Crippen LogP contribution is -2.56. The molecule has 0 aliphatic carbocycles. The molecule has 2 rings (SSSR count). The zero-order valence-electron chi connectivity index (χ0n) is 16.6. The maximum atomic E-state index is 12.4. The molecule has 7 heteroatoms. The van der Waals surface area contributed by atoms with Gasteiger partial charge >= 0.3 is 0 Å². The van der Waals surface area contributed by atoms with E-state index < -0.39 is 11.4 Å². The number of primary amides is 1. The number of carbonyl (C=O) groups excluding carboxylic acids is 2. The Balaban J connectivity index is 2.08. The lowest BCUT2D eigenvalue weighted by Gasteiger charge is -2.29. The second-order valence-corrected chi connectivity index (χ2v) is 8.50. The molecule has 0 saturated heterocycles. The Bertz CT molecular complexity index is 811. The number of hydrogen-bond donors (Lipinski definition) is 2. The minimum atomic E-state index is -1.05. The van der Waals surface area contributed by atoms with E-state index in [1.807, 2.05) is 38.5 Å². The van der Waals surface area contributed by atoms with Gasteiger partial charge in [0.25, 0.3) is 0 Å².